The smallest absolute Gasteiger partial charge is 0.337 e. The Morgan fingerprint density at radius 3 is 2.42 bits per heavy atom. The van der Waals surface area contributed by atoms with Gasteiger partial charge in [0.2, 0.25) is 5.91 Å². The van der Waals surface area contributed by atoms with Crippen LogP contribution in [0.3, 0.4) is 0 Å². The number of aromatic carboxylic acids is 1. The fourth-order valence-corrected chi connectivity index (χ4v) is 1.99. The van der Waals surface area contributed by atoms with Gasteiger partial charge in [0.05, 0.1) is 16.8 Å². The van der Waals surface area contributed by atoms with Crippen LogP contribution in [0.25, 0.3) is 0 Å². The number of nitrogens with one attached hydrogen (secondary N) is 1. The van der Waals surface area contributed by atoms with E-state index in [1.807, 2.05) is 6.92 Å². The van der Waals surface area contributed by atoms with E-state index in [0.29, 0.717) is 12.2 Å². The summed E-state index contributed by atoms with van der Waals surface area (Å²) in [6.45, 7) is 6.13. The van der Waals surface area contributed by atoms with Gasteiger partial charge in [-0.2, -0.15) is 0 Å². The number of carboxylic acid groups (broad SMARTS) is 1. The molecule has 19 heavy (non-hydrogen) atoms. The molecule has 5 heteroatoms. The first kappa shape index (κ1) is 15.2. The van der Waals surface area contributed by atoms with Crippen molar-refractivity contribution in [1.29, 1.82) is 0 Å². The summed E-state index contributed by atoms with van der Waals surface area (Å²) in [6, 6.07) is 6.47. The lowest BCUT2D eigenvalue weighted by Crippen LogP contribution is -2.53. The molecule has 0 aliphatic heterocycles. The topological polar surface area (TPSA) is 69.6 Å². The van der Waals surface area contributed by atoms with Gasteiger partial charge in [0, 0.05) is 7.05 Å². The Kier molecular flexibility index (Phi) is 4.67. The van der Waals surface area contributed by atoms with Gasteiger partial charge in [-0.3, -0.25) is 4.79 Å². The highest BCUT2D eigenvalue weighted by molar-refractivity contribution is 6.04. The van der Waals surface area contributed by atoms with E-state index in [9.17, 15) is 9.59 Å². The third kappa shape index (κ3) is 3.32. The molecule has 0 saturated heterocycles. The van der Waals surface area contributed by atoms with Crippen molar-refractivity contribution in [2.45, 2.75) is 26.3 Å². The van der Waals surface area contributed by atoms with Crippen LogP contribution in [-0.2, 0) is 4.79 Å². The third-order valence-electron chi connectivity index (χ3n) is 2.95. The monoisotopic (exact) mass is 264 g/mol. The number of carbonyl (C=O) groups excluding carboxylic acids is 1. The Balaban J connectivity index is 3.10. The molecule has 1 aromatic carbocycles. The molecule has 104 valence electrons. The molecule has 0 bridgehead atoms. The first-order chi connectivity index (χ1) is 8.81. The standard InChI is InChI=1S/C14H20N2O3/c1-5-15-14(2,3)13(19)16(4)11-9-7-6-8-10(11)12(17)18/h6-9,15H,5H2,1-4H3,(H,17,18). The first-order valence-electron chi connectivity index (χ1n) is 6.16. The highest BCUT2D eigenvalue weighted by atomic mass is 16.4. The van der Waals surface area contributed by atoms with Crippen molar-refractivity contribution in [1.82, 2.24) is 5.32 Å². The second kappa shape index (κ2) is 5.84. The number of carboxylic acids is 1. The third-order valence-corrected chi connectivity index (χ3v) is 2.95. The van der Waals surface area contributed by atoms with Crippen LogP contribution in [0.2, 0.25) is 0 Å². The first-order valence-corrected chi connectivity index (χ1v) is 6.16. The number of amides is 1. The molecule has 1 aromatic rings. The molecule has 0 aliphatic carbocycles. The van der Waals surface area contributed by atoms with Crippen LogP contribution in [0.5, 0.6) is 0 Å². The number of hydrogen-bond donors (Lipinski definition) is 2. The van der Waals surface area contributed by atoms with Crippen molar-refractivity contribution in [3.63, 3.8) is 0 Å². The van der Waals surface area contributed by atoms with E-state index in [-0.39, 0.29) is 11.5 Å². The summed E-state index contributed by atoms with van der Waals surface area (Å²) in [4.78, 5) is 25.0. The number of benzene rings is 1. The maximum Gasteiger partial charge on any atom is 0.337 e. The second-order valence-electron chi connectivity index (χ2n) is 4.84. The zero-order chi connectivity index (χ0) is 14.6. The minimum absolute atomic E-state index is 0.116. The molecular formula is C14H20N2O3. The molecule has 0 heterocycles. The van der Waals surface area contributed by atoms with E-state index in [0.717, 1.165) is 0 Å². The lowest BCUT2D eigenvalue weighted by atomic mass is 10.0. The quantitative estimate of drug-likeness (QED) is 0.850. The molecule has 1 rings (SSSR count). The Morgan fingerprint density at radius 2 is 1.89 bits per heavy atom. The van der Waals surface area contributed by atoms with E-state index >= 15 is 0 Å². The average molecular weight is 264 g/mol. The van der Waals surface area contributed by atoms with Gasteiger partial charge in [-0.15, -0.1) is 0 Å². The van der Waals surface area contributed by atoms with Crippen molar-refractivity contribution >= 4 is 17.6 Å². The second-order valence-corrected chi connectivity index (χ2v) is 4.84. The summed E-state index contributed by atoms with van der Waals surface area (Å²) in [5.74, 6) is -1.22. The molecule has 2 N–H and O–H groups in total. The van der Waals surface area contributed by atoms with Gasteiger partial charge in [0.1, 0.15) is 0 Å². The molecule has 0 saturated carbocycles. The fraction of sp³-hybridized carbons (Fsp3) is 0.429. The fourth-order valence-electron chi connectivity index (χ4n) is 1.99. The maximum absolute atomic E-state index is 12.4. The maximum atomic E-state index is 12.4. The van der Waals surface area contributed by atoms with E-state index in [4.69, 9.17) is 5.11 Å². The van der Waals surface area contributed by atoms with E-state index < -0.39 is 11.5 Å². The number of rotatable bonds is 5. The lowest BCUT2D eigenvalue weighted by Gasteiger charge is -2.30. The van der Waals surface area contributed by atoms with Crippen LogP contribution in [0.1, 0.15) is 31.1 Å². The lowest BCUT2D eigenvalue weighted by molar-refractivity contribution is -0.123. The van der Waals surface area contributed by atoms with E-state index in [1.165, 1.54) is 11.0 Å². The van der Waals surface area contributed by atoms with Crippen LogP contribution < -0.4 is 10.2 Å². The number of likely N-dealkylation sites (N-methyl/N-ethyl adjacent to an activating group) is 2. The van der Waals surface area contributed by atoms with Gasteiger partial charge >= 0.3 is 5.97 Å². The number of para-hydroxylation sites is 1. The van der Waals surface area contributed by atoms with Crippen molar-refractivity contribution in [3.8, 4) is 0 Å². The van der Waals surface area contributed by atoms with Gasteiger partial charge in [0.25, 0.3) is 0 Å². The summed E-state index contributed by atoms with van der Waals surface area (Å²) in [5, 5.41) is 12.2. The van der Waals surface area contributed by atoms with E-state index in [2.05, 4.69) is 5.32 Å². The number of nitrogens with zero attached hydrogens (tertiary/aromatic N) is 1. The van der Waals surface area contributed by atoms with Gasteiger partial charge in [-0.05, 0) is 32.5 Å². The van der Waals surface area contributed by atoms with Crippen LogP contribution in [0.15, 0.2) is 24.3 Å². The molecule has 0 fully saturated rings. The zero-order valence-electron chi connectivity index (χ0n) is 11.7. The molecule has 0 aromatic heterocycles. The molecule has 5 nitrogen and oxygen atoms in total. The largest absolute Gasteiger partial charge is 0.478 e. The van der Waals surface area contributed by atoms with Crippen LogP contribution >= 0.6 is 0 Å². The van der Waals surface area contributed by atoms with Gasteiger partial charge in [-0.1, -0.05) is 19.1 Å². The molecular weight excluding hydrogens is 244 g/mol. The zero-order valence-corrected chi connectivity index (χ0v) is 11.7. The van der Waals surface area contributed by atoms with Crippen LogP contribution in [0, 0.1) is 0 Å². The molecule has 0 spiro atoms. The number of carbonyl (C=O) groups is 2. The molecule has 0 radical (unpaired) electrons. The van der Waals surface area contributed by atoms with Crippen molar-refractivity contribution < 1.29 is 14.7 Å². The van der Waals surface area contributed by atoms with Crippen LogP contribution in [0.4, 0.5) is 5.69 Å². The summed E-state index contributed by atoms with van der Waals surface area (Å²) < 4.78 is 0. The van der Waals surface area contributed by atoms with Gasteiger partial charge in [-0.25, -0.2) is 4.79 Å². The highest BCUT2D eigenvalue weighted by Crippen LogP contribution is 2.21. The Hall–Kier alpha value is -1.88. The Bertz CT molecular complexity index is 483. The minimum atomic E-state index is -1.04. The van der Waals surface area contributed by atoms with Gasteiger partial charge in [0.15, 0.2) is 0 Å². The summed E-state index contributed by atoms with van der Waals surface area (Å²) >= 11 is 0. The minimum Gasteiger partial charge on any atom is -0.478 e. The summed E-state index contributed by atoms with van der Waals surface area (Å²) in [6.07, 6.45) is 0. The molecule has 0 unspecified atom stereocenters. The average Bonchev–Trinajstić information content (AvgIpc) is 2.36. The van der Waals surface area contributed by atoms with Gasteiger partial charge < -0.3 is 15.3 Å². The van der Waals surface area contributed by atoms with Crippen molar-refractivity contribution in [2.24, 2.45) is 0 Å². The van der Waals surface area contributed by atoms with Crippen molar-refractivity contribution in [3.05, 3.63) is 29.8 Å². The van der Waals surface area contributed by atoms with E-state index in [1.54, 1.807) is 39.1 Å². The Labute approximate surface area is 113 Å². The number of anilines is 1. The van der Waals surface area contributed by atoms with Crippen molar-refractivity contribution in [2.75, 3.05) is 18.5 Å². The summed E-state index contributed by atoms with van der Waals surface area (Å²) in [5.41, 5.74) is -0.230. The molecule has 1 amide bonds. The molecule has 0 atom stereocenters. The predicted molar refractivity (Wildman–Crippen MR) is 74.6 cm³/mol. The number of hydrogen-bond acceptors (Lipinski definition) is 3. The Morgan fingerprint density at radius 1 is 1.32 bits per heavy atom. The predicted octanol–water partition coefficient (Wildman–Crippen LogP) is 1.74. The van der Waals surface area contributed by atoms with Crippen LogP contribution in [-0.4, -0.2) is 36.1 Å². The SMILES string of the molecule is CCNC(C)(C)C(=O)N(C)c1ccccc1C(=O)O. The molecule has 0 aliphatic rings. The summed E-state index contributed by atoms with van der Waals surface area (Å²) in [7, 11) is 1.59. The normalized spacial score (nSPS) is 11.2. The highest BCUT2D eigenvalue weighted by Gasteiger charge is 2.31.